The fraction of sp³-hybridized carbons (Fsp3) is 0.625. The van der Waals surface area contributed by atoms with Gasteiger partial charge in [-0.05, 0) is 37.5 Å². The summed E-state index contributed by atoms with van der Waals surface area (Å²) in [5, 5.41) is 0.627. The highest BCUT2D eigenvalue weighted by molar-refractivity contribution is 6.32. The number of hydrogen-bond donors (Lipinski definition) is 1. The van der Waals surface area contributed by atoms with Gasteiger partial charge in [0, 0.05) is 16.9 Å². The first-order valence-corrected chi connectivity index (χ1v) is 7.57. The second-order valence-electron chi connectivity index (χ2n) is 6.97. The number of hydrogen-bond acceptors (Lipinski definition) is 3. The van der Waals surface area contributed by atoms with E-state index in [0.29, 0.717) is 24.0 Å². The summed E-state index contributed by atoms with van der Waals surface area (Å²) < 4.78 is 11.8. The van der Waals surface area contributed by atoms with Crippen LogP contribution in [0, 0.1) is 5.41 Å². The maximum absolute atomic E-state index is 6.41. The van der Waals surface area contributed by atoms with Crippen LogP contribution >= 0.6 is 11.6 Å². The molecular formula is C16H22ClNO2. The van der Waals surface area contributed by atoms with E-state index in [-0.39, 0.29) is 16.9 Å². The first-order valence-electron chi connectivity index (χ1n) is 7.19. The molecule has 3 rings (SSSR count). The lowest BCUT2D eigenvalue weighted by atomic mass is 9.89. The Labute approximate surface area is 125 Å². The monoisotopic (exact) mass is 295 g/mol. The third kappa shape index (κ3) is 2.27. The molecule has 110 valence electrons. The largest absolute Gasteiger partial charge is 0.489 e. The maximum atomic E-state index is 6.41. The molecule has 0 spiro atoms. The topological polar surface area (TPSA) is 44.5 Å². The number of nitrogens with two attached hydrogens (primary N) is 1. The zero-order valence-electron chi connectivity index (χ0n) is 12.3. The summed E-state index contributed by atoms with van der Waals surface area (Å²) in [5.74, 6) is 1.42. The Bertz CT molecular complexity index is 536. The summed E-state index contributed by atoms with van der Waals surface area (Å²) in [6, 6.07) is 4.19. The summed E-state index contributed by atoms with van der Waals surface area (Å²) in [6.45, 7) is 7.55. The lowest BCUT2D eigenvalue weighted by molar-refractivity contribution is 0.140. The molecule has 2 N–H and O–H groups in total. The number of fused-ring (bicyclic) bond motifs is 1. The van der Waals surface area contributed by atoms with Gasteiger partial charge in [-0.15, -0.1) is 0 Å². The Morgan fingerprint density at radius 1 is 1.20 bits per heavy atom. The Kier molecular flexibility index (Phi) is 3.18. The smallest absolute Gasteiger partial charge is 0.179 e. The second-order valence-corrected chi connectivity index (χ2v) is 7.38. The van der Waals surface area contributed by atoms with Gasteiger partial charge < -0.3 is 15.2 Å². The van der Waals surface area contributed by atoms with Gasteiger partial charge in [0.2, 0.25) is 0 Å². The molecule has 3 nitrogen and oxygen atoms in total. The van der Waals surface area contributed by atoms with Crippen molar-refractivity contribution in [3.05, 3.63) is 22.7 Å². The fourth-order valence-corrected chi connectivity index (χ4v) is 3.09. The molecule has 1 fully saturated rings. The first-order chi connectivity index (χ1) is 9.34. The van der Waals surface area contributed by atoms with Crippen molar-refractivity contribution in [3.63, 3.8) is 0 Å². The minimum absolute atomic E-state index is 0.0130. The maximum Gasteiger partial charge on any atom is 0.179 e. The Morgan fingerprint density at radius 3 is 2.45 bits per heavy atom. The third-order valence-electron chi connectivity index (χ3n) is 4.47. The second kappa shape index (κ2) is 4.54. The van der Waals surface area contributed by atoms with Crippen LogP contribution in [0.15, 0.2) is 12.1 Å². The van der Waals surface area contributed by atoms with E-state index in [1.807, 2.05) is 6.07 Å². The van der Waals surface area contributed by atoms with Crippen molar-refractivity contribution in [2.75, 3.05) is 13.2 Å². The van der Waals surface area contributed by atoms with Crippen molar-refractivity contribution in [2.45, 2.75) is 45.1 Å². The minimum atomic E-state index is -0.0130. The highest BCUT2D eigenvalue weighted by Gasteiger charge is 2.48. The van der Waals surface area contributed by atoms with Gasteiger partial charge in [-0.3, -0.25) is 0 Å². The van der Waals surface area contributed by atoms with E-state index in [1.165, 1.54) is 5.56 Å². The number of rotatable bonds is 2. The highest BCUT2D eigenvalue weighted by Crippen LogP contribution is 2.53. The predicted molar refractivity (Wildman–Crippen MR) is 80.8 cm³/mol. The lowest BCUT2D eigenvalue weighted by Gasteiger charge is -2.22. The van der Waals surface area contributed by atoms with Crippen LogP contribution < -0.4 is 15.2 Å². The van der Waals surface area contributed by atoms with Gasteiger partial charge in [-0.2, -0.15) is 0 Å². The van der Waals surface area contributed by atoms with E-state index in [0.717, 1.165) is 18.6 Å². The standard InChI is InChI=1S/C16H22ClNO2/c1-10(18)16(4-5-16)11-6-12(17)14-13(7-11)19-8-15(2,3)9-20-14/h6-7,10H,4-5,8-9,18H2,1-3H3. The SMILES string of the molecule is CC(N)C1(c2cc(Cl)c3c(c2)OCC(C)(C)CO3)CC1. The molecule has 0 radical (unpaired) electrons. The zero-order valence-corrected chi connectivity index (χ0v) is 13.1. The molecule has 1 aromatic rings. The van der Waals surface area contributed by atoms with E-state index in [2.05, 4.69) is 26.8 Å². The summed E-state index contributed by atoms with van der Waals surface area (Å²) in [4.78, 5) is 0. The molecule has 1 atom stereocenters. The van der Waals surface area contributed by atoms with Crippen molar-refractivity contribution >= 4 is 11.6 Å². The molecule has 2 aliphatic rings. The molecule has 1 saturated carbocycles. The molecule has 0 amide bonds. The van der Waals surface area contributed by atoms with Crippen LogP contribution in [0.2, 0.25) is 5.02 Å². The Morgan fingerprint density at radius 2 is 1.85 bits per heavy atom. The van der Waals surface area contributed by atoms with Crippen LogP contribution in [0.5, 0.6) is 11.5 Å². The fourth-order valence-electron chi connectivity index (χ4n) is 2.83. The molecule has 0 bridgehead atoms. The van der Waals surface area contributed by atoms with Crippen molar-refractivity contribution in [2.24, 2.45) is 11.1 Å². The van der Waals surface area contributed by atoms with Crippen molar-refractivity contribution in [3.8, 4) is 11.5 Å². The van der Waals surface area contributed by atoms with Gasteiger partial charge in [-0.1, -0.05) is 25.4 Å². The molecular weight excluding hydrogens is 274 g/mol. The number of halogens is 1. The van der Waals surface area contributed by atoms with E-state index >= 15 is 0 Å². The molecule has 1 aliphatic heterocycles. The van der Waals surface area contributed by atoms with Crippen LogP contribution in [-0.2, 0) is 5.41 Å². The molecule has 1 heterocycles. The van der Waals surface area contributed by atoms with Crippen molar-refractivity contribution in [1.82, 2.24) is 0 Å². The van der Waals surface area contributed by atoms with Crippen LogP contribution in [0.3, 0.4) is 0 Å². The van der Waals surface area contributed by atoms with E-state index in [1.54, 1.807) is 0 Å². The van der Waals surface area contributed by atoms with Crippen molar-refractivity contribution < 1.29 is 9.47 Å². The van der Waals surface area contributed by atoms with Crippen LogP contribution in [-0.4, -0.2) is 19.3 Å². The predicted octanol–water partition coefficient (Wildman–Crippen LogP) is 3.52. The normalized spacial score (nSPS) is 23.9. The zero-order chi connectivity index (χ0) is 14.5. The number of benzene rings is 1. The van der Waals surface area contributed by atoms with Gasteiger partial charge in [0.15, 0.2) is 11.5 Å². The van der Waals surface area contributed by atoms with E-state index in [4.69, 9.17) is 26.8 Å². The van der Waals surface area contributed by atoms with Crippen molar-refractivity contribution in [1.29, 1.82) is 0 Å². The first kappa shape index (κ1) is 14.0. The van der Waals surface area contributed by atoms with E-state index in [9.17, 15) is 0 Å². The average Bonchev–Trinajstić information content (AvgIpc) is 3.15. The Balaban J connectivity index is 1.99. The minimum Gasteiger partial charge on any atom is -0.489 e. The van der Waals surface area contributed by atoms with Gasteiger partial charge in [0.05, 0.1) is 18.2 Å². The molecule has 0 saturated heterocycles. The van der Waals surface area contributed by atoms with Crippen LogP contribution in [0.1, 0.15) is 39.2 Å². The molecule has 20 heavy (non-hydrogen) atoms. The quantitative estimate of drug-likeness (QED) is 0.908. The number of ether oxygens (including phenoxy) is 2. The average molecular weight is 296 g/mol. The van der Waals surface area contributed by atoms with Gasteiger partial charge in [0.1, 0.15) is 0 Å². The third-order valence-corrected chi connectivity index (χ3v) is 4.75. The highest BCUT2D eigenvalue weighted by atomic mass is 35.5. The summed E-state index contributed by atoms with van der Waals surface area (Å²) in [6.07, 6.45) is 2.23. The van der Waals surface area contributed by atoms with Gasteiger partial charge >= 0.3 is 0 Å². The summed E-state index contributed by atoms with van der Waals surface area (Å²) >= 11 is 6.41. The van der Waals surface area contributed by atoms with Gasteiger partial charge in [-0.25, -0.2) is 0 Å². The summed E-state index contributed by atoms with van der Waals surface area (Å²) in [5.41, 5.74) is 7.39. The summed E-state index contributed by atoms with van der Waals surface area (Å²) in [7, 11) is 0. The van der Waals surface area contributed by atoms with Crippen LogP contribution in [0.25, 0.3) is 0 Å². The van der Waals surface area contributed by atoms with Crippen LogP contribution in [0.4, 0.5) is 0 Å². The van der Waals surface area contributed by atoms with E-state index < -0.39 is 0 Å². The molecule has 1 aromatic carbocycles. The molecule has 0 aromatic heterocycles. The lowest BCUT2D eigenvalue weighted by Crippen LogP contribution is -2.31. The molecule has 1 aliphatic carbocycles. The Hall–Kier alpha value is -0.930. The molecule has 4 heteroatoms. The molecule has 1 unspecified atom stereocenters. The van der Waals surface area contributed by atoms with Gasteiger partial charge in [0.25, 0.3) is 0 Å².